The number of hydrogen-bond acceptors (Lipinski definition) is 1. The van der Waals surface area contributed by atoms with Crippen molar-refractivity contribution in [3.8, 4) is 0 Å². The molecule has 4 rings (SSSR count). The Hall–Kier alpha value is -2.55. The summed E-state index contributed by atoms with van der Waals surface area (Å²) in [5.74, 6) is 0.247. The molecule has 1 amide bonds. The van der Waals surface area contributed by atoms with Crippen LogP contribution in [0.1, 0.15) is 17.5 Å². The van der Waals surface area contributed by atoms with E-state index in [2.05, 4.69) is 53.2 Å². The van der Waals surface area contributed by atoms with E-state index < -0.39 is 0 Å². The molecular weight excluding hydrogens is 284 g/mol. The lowest BCUT2D eigenvalue weighted by Crippen LogP contribution is -2.36. The largest absolute Gasteiger partial charge is 0.347 e. The highest BCUT2D eigenvalue weighted by Crippen LogP contribution is 2.20. The fourth-order valence-corrected chi connectivity index (χ4v) is 3.42. The molecule has 0 atom stereocenters. The first-order chi connectivity index (χ1) is 11.3. The van der Waals surface area contributed by atoms with Crippen LogP contribution >= 0.6 is 0 Å². The van der Waals surface area contributed by atoms with E-state index in [1.54, 1.807) is 0 Å². The molecule has 0 unspecified atom stereocenters. The number of carbonyl (C=O) groups is 1. The highest BCUT2D eigenvalue weighted by molar-refractivity contribution is 5.80. The van der Waals surface area contributed by atoms with Crippen molar-refractivity contribution in [2.75, 3.05) is 6.54 Å². The summed E-state index contributed by atoms with van der Waals surface area (Å²) in [4.78, 5) is 14.5. The number of aryl methyl sites for hydroxylation is 1. The highest BCUT2D eigenvalue weighted by Gasteiger charge is 2.20. The van der Waals surface area contributed by atoms with E-state index in [-0.39, 0.29) is 5.91 Å². The summed E-state index contributed by atoms with van der Waals surface area (Å²) in [7, 11) is 0. The summed E-state index contributed by atoms with van der Waals surface area (Å²) in [6, 6.07) is 18.8. The average molecular weight is 304 g/mol. The molecule has 2 aromatic carbocycles. The van der Waals surface area contributed by atoms with Crippen molar-refractivity contribution in [1.82, 2.24) is 9.47 Å². The molecule has 0 saturated heterocycles. The first-order valence-electron chi connectivity index (χ1n) is 8.20. The molecule has 0 radical (unpaired) electrons. The van der Waals surface area contributed by atoms with E-state index in [9.17, 15) is 4.79 Å². The first-order valence-corrected chi connectivity index (χ1v) is 8.20. The van der Waals surface area contributed by atoms with Gasteiger partial charge in [-0.05, 0) is 35.1 Å². The monoisotopic (exact) mass is 304 g/mol. The van der Waals surface area contributed by atoms with Gasteiger partial charge >= 0.3 is 0 Å². The van der Waals surface area contributed by atoms with E-state index in [1.165, 1.54) is 22.0 Å². The van der Waals surface area contributed by atoms with Gasteiger partial charge in [0, 0.05) is 37.8 Å². The van der Waals surface area contributed by atoms with E-state index >= 15 is 0 Å². The number of fused-ring (bicyclic) bond motifs is 2. The highest BCUT2D eigenvalue weighted by atomic mass is 16.2. The van der Waals surface area contributed by atoms with Gasteiger partial charge in [0.2, 0.25) is 5.91 Å². The normalized spacial score (nSPS) is 14.0. The molecule has 3 nitrogen and oxygen atoms in total. The third-order valence-corrected chi connectivity index (χ3v) is 4.73. The van der Waals surface area contributed by atoms with Gasteiger partial charge in [0.05, 0.1) is 0 Å². The number of aromatic nitrogens is 1. The molecule has 2 heterocycles. The van der Waals surface area contributed by atoms with E-state index in [1.807, 2.05) is 17.0 Å². The van der Waals surface area contributed by atoms with Gasteiger partial charge in [-0.25, -0.2) is 0 Å². The Kier molecular flexibility index (Phi) is 3.62. The fourth-order valence-electron chi connectivity index (χ4n) is 3.42. The minimum atomic E-state index is 0.247. The lowest BCUT2D eigenvalue weighted by atomic mass is 10.00. The molecule has 0 saturated carbocycles. The van der Waals surface area contributed by atoms with Crippen LogP contribution in [0, 0.1) is 0 Å². The summed E-state index contributed by atoms with van der Waals surface area (Å²) in [6.45, 7) is 2.33. The smallest absolute Gasteiger partial charge is 0.224 e. The quantitative estimate of drug-likeness (QED) is 0.725. The first kappa shape index (κ1) is 14.1. The van der Waals surface area contributed by atoms with Crippen molar-refractivity contribution in [2.24, 2.45) is 0 Å². The SMILES string of the molecule is O=C(CCn1ccc2ccccc21)N1CCc2ccccc2C1. The lowest BCUT2D eigenvalue weighted by molar-refractivity contribution is -0.132. The van der Waals surface area contributed by atoms with Crippen molar-refractivity contribution in [3.05, 3.63) is 71.9 Å². The maximum Gasteiger partial charge on any atom is 0.224 e. The second-order valence-electron chi connectivity index (χ2n) is 6.15. The number of rotatable bonds is 3. The topological polar surface area (TPSA) is 25.2 Å². The Bertz CT molecular complexity index is 849. The van der Waals surface area contributed by atoms with Crippen LogP contribution in [-0.4, -0.2) is 21.9 Å². The number of para-hydroxylation sites is 1. The molecule has 1 aromatic heterocycles. The molecule has 0 bridgehead atoms. The molecule has 1 aliphatic heterocycles. The fraction of sp³-hybridized carbons (Fsp3) is 0.250. The maximum absolute atomic E-state index is 12.6. The molecule has 0 fully saturated rings. The van der Waals surface area contributed by atoms with Crippen LogP contribution in [-0.2, 0) is 24.3 Å². The molecule has 1 aliphatic rings. The Morgan fingerprint density at radius 1 is 0.957 bits per heavy atom. The zero-order valence-electron chi connectivity index (χ0n) is 13.1. The van der Waals surface area contributed by atoms with Gasteiger partial charge < -0.3 is 9.47 Å². The molecule has 3 heteroatoms. The van der Waals surface area contributed by atoms with Crippen LogP contribution in [0.2, 0.25) is 0 Å². The van der Waals surface area contributed by atoms with Crippen molar-refractivity contribution in [3.63, 3.8) is 0 Å². The molecule has 0 spiro atoms. The van der Waals surface area contributed by atoms with Crippen molar-refractivity contribution in [1.29, 1.82) is 0 Å². The second-order valence-corrected chi connectivity index (χ2v) is 6.15. The van der Waals surface area contributed by atoms with Crippen LogP contribution in [0.5, 0.6) is 0 Å². The number of benzene rings is 2. The van der Waals surface area contributed by atoms with Crippen LogP contribution in [0.25, 0.3) is 10.9 Å². The van der Waals surface area contributed by atoms with Gasteiger partial charge in [0.25, 0.3) is 0 Å². The summed E-state index contributed by atoms with van der Waals surface area (Å²) in [5, 5.41) is 1.23. The Labute approximate surface area is 136 Å². The van der Waals surface area contributed by atoms with Gasteiger partial charge in [0.1, 0.15) is 0 Å². The van der Waals surface area contributed by atoms with Crippen LogP contribution in [0.15, 0.2) is 60.8 Å². The Balaban J connectivity index is 1.43. The van der Waals surface area contributed by atoms with Crippen LogP contribution in [0.3, 0.4) is 0 Å². The van der Waals surface area contributed by atoms with Crippen molar-refractivity contribution >= 4 is 16.8 Å². The molecular formula is C20H20N2O. The Morgan fingerprint density at radius 3 is 2.65 bits per heavy atom. The minimum Gasteiger partial charge on any atom is -0.347 e. The number of amides is 1. The average Bonchev–Trinajstić information content (AvgIpc) is 3.02. The molecule has 116 valence electrons. The molecule has 23 heavy (non-hydrogen) atoms. The predicted molar refractivity (Wildman–Crippen MR) is 92.1 cm³/mol. The van der Waals surface area contributed by atoms with E-state index in [4.69, 9.17) is 0 Å². The van der Waals surface area contributed by atoms with Gasteiger partial charge in [-0.3, -0.25) is 4.79 Å². The van der Waals surface area contributed by atoms with Crippen molar-refractivity contribution < 1.29 is 4.79 Å². The molecule has 3 aromatic rings. The van der Waals surface area contributed by atoms with Gasteiger partial charge in [-0.15, -0.1) is 0 Å². The van der Waals surface area contributed by atoms with Gasteiger partial charge in [-0.2, -0.15) is 0 Å². The van der Waals surface area contributed by atoms with Crippen molar-refractivity contribution in [2.45, 2.75) is 25.9 Å². The Morgan fingerprint density at radius 2 is 1.74 bits per heavy atom. The van der Waals surface area contributed by atoms with Gasteiger partial charge in [0.15, 0.2) is 0 Å². The maximum atomic E-state index is 12.6. The lowest BCUT2D eigenvalue weighted by Gasteiger charge is -2.29. The van der Waals surface area contributed by atoms with Crippen LogP contribution < -0.4 is 0 Å². The summed E-state index contributed by atoms with van der Waals surface area (Å²) < 4.78 is 2.17. The summed E-state index contributed by atoms with van der Waals surface area (Å²) >= 11 is 0. The van der Waals surface area contributed by atoms with E-state index in [0.29, 0.717) is 6.42 Å². The minimum absolute atomic E-state index is 0.247. The summed E-state index contributed by atoms with van der Waals surface area (Å²) in [5.41, 5.74) is 3.87. The zero-order valence-corrected chi connectivity index (χ0v) is 13.1. The van der Waals surface area contributed by atoms with E-state index in [0.717, 1.165) is 26.1 Å². The second kappa shape index (κ2) is 5.92. The number of carbonyl (C=O) groups excluding carboxylic acids is 1. The standard InChI is InChI=1S/C20H20N2O/c23-20(22-13-9-16-5-1-2-7-18(16)15-22)11-14-21-12-10-17-6-3-4-8-19(17)21/h1-8,10,12H,9,11,13-15H2. The van der Waals surface area contributed by atoms with Crippen LogP contribution in [0.4, 0.5) is 0 Å². The predicted octanol–water partition coefficient (Wildman–Crippen LogP) is 3.62. The number of nitrogens with zero attached hydrogens (tertiary/aromatic N) is 2. The zero-order chi connectivity index (χ0) is 15.6. The molecule has 0 N–H and O–H groups in total. The summed E-state index contributed by atoms with van der Waals surface area (Å²) in [6.07, 6.45) is 3.60. The molecule has 0 aliphatic carbocycles. The third kappa shape index (κ3) is 2.74. The number of hydrogen-bond donors (Lipinski definition) is 0. The third-order valence-electron chi connectivity index (χ3n) is 4.73. The van der Waals surface area contributed by atoms with Gasteiger partial charge in [-0.1, -0.05) is 42.5 Å².